The second-order valence-electron chi connectivity index (χ2n) is 1.87. The third kappa shape index (κ3) is 2.48. The zero-order valence-corrected chi connectivity index (χ0v) is 8.84. The Kier molecular flexibility index (Phi) is 5.22. The van der Waals surface area contributed by atoms with E-state index in [4.69, 9.17) is 3.57 Å². The molecule has 0 radical (unpaired) electrons. The van der Waals surface area contributed by atoms with E-state index in [0.29, 0.717) is 6.42 Å². The molecule has 3 nitrogen and oxygen atoms in total. The Hall–Kier alpha value is -0.367. The molecule has 1 aliphatic rings. The van der Waals surface area contributed by atoms with Gasteiger partial charge in [-0.1, -0.05) is 6.58 Å². The number of rotatable bonds is 1. The predicted octanol–water partition coefficient (Wildman–Crippen LogP) is 0.631. The summed E-state index contributed by atoms with van der Waals surface area (Å²) in [5, 5.41) is 0. The van der Waals surface area contributed by atoms with Gasteiger partial charge in [-0.05, 0) is 12.6 Å². The molecule has 0 aromatic rings. The summed E-state index contributed by atoms with van der Waals surface area (Å²) < 4.78 is 8.38. The van der Waals surface area contributed by atoms with Crippen molar-refractivity contribution in [2.24, 2.45) is 0 Å². The van der Waals surface area contributed by atoms with Gasteiger partial charge in [-0.25, -0.2) is 0 Å². The topological polar surface area (TPSA) is 37.4 Å². The molecule has 4 heteroatoms. The van der Waals surface area contributed by atoms with Crippen molar-refractivity contribution in [2.75, 3.05) is 6.54 Å². The van der Waals surface area contributed by atoms with Gasteiger partial charge >= 0.3 is 21.8 Å². The van der Waals surface area contributed by atoms with Gasteiger partial charge in [0, 0.05) is 13.0 Å². The second-order valence-corrected chi connectivity index (χ2v) is 1.87. The summed E-state index contributed by atoms with van der Waals surface area (Å²) >= 11 is 0.125. The molecule has 0 atom stereocenters. The van der Waals surface area contributed by atoms with Crippen LogP contribution in [-0.2, 0) is 26.6 Å². The van der Waals surface area contributed by atoms with E-state index < -0.39 is 0 Å². The Balaban J connectivity index is 0.000000371. The van der Waals surface area contributed by atoms with Crippen molar-refractivity contribution < 1.29 is 26.6 Å². The SMILES string of the molecule is C=CN1CCCC1=O.[O]=[Zn]. The number of likely N-dealkylation sites (tertiary alicyclic amines) is 1. The third-order valence-corrected chi connectivity index (χ3v) is 1.33. The van der Waals surface area contributed by atoms with Crippen LogP contribution in [0.3, 0.4) is 0 Å². The molecule has 0 spiro atoms. The molecule has 0 N–H and O–H groups in total. The van der Waals surface area contributed by atoms with E-state index in [2.05, 4.69) is 6.58 Å². The first-order chi connectivity index (χ1) is 4.84. The summed E-state index contributed by atoms with van der Waals surface area (Å²) in [6.45, 7) is 4.36. The van der Waals surface area contributed by atoms with Crippen LogP contribution in [-0.4, -0.2) is 17.4 Å². The van der Waals surface area contributed by atoms with Crippen LogP contribution in [0.25, 0.3) is 0 Å². The number of carbonyl (C=O) groups is 1. The second kappa shape index (κ2) is 5.42. The standard InChI is InChI=1S/C6H9NO.O.Zn/c1-2-7-5-3-4-6(7)8;;/h2H,1,3-5H2;;. The van der Waals surface area contributed by atoms with E-state index in [1.165, 1.54) is 0 Å². The molecular formula is C6H9NO2Zn. The molecule has 0 aromatic heterocycles. The molecule has 0 unspecified atom stereocenters. The first-order valence-corrected chi connectivity index (χ1v) is 4.26. The van der Waals surface area contributed by atoms with Crippen molar-refractivity contribution in [1.82, 2.24) is 4.90 Å². The summed E-state index contributed by atoms with van der Waals surface area (Å²) in [5.74, 6) is 0.208. The van der Waals surface area contributed by atoms with Crippen molar-refractivity contribution >= 4 is 5.91 Å². The van der Waals surface area contributed by atoms with Crippen LogP contribution < -0.4 is 0 Å². The van der Waals surface area contributed by atoms with Crippen LogP contribution in [0.4, 0.5) is 0 Å². The summed E-state index contributed by atoms with van der Waals surface area (Å²) in [4.78, 5) is 12.3. The van der Waals surface area contributed by atoms with Crippen molar-refractivity contribution in [1.29, 1.82) is 0 Å². The Labute approximate surface area is 70.0 Å². The fourth-order valence-electron chi connectivity index (χ4n) is 0.862. The minimum absolute atomic E-state index is 0.125. The molecule has 1 saturated heterocycles. The summed E-state index contributed by atoms with van der Waals surface area (Å²) in [6, 6.07) is 0. The minimum atomic E-state index is 0.125. The maximum absolute atomic E-state index is 10.7. The van der Waals surface area contributed by atoms with Crippen LogP contribution in [0.5, 0.6) is 0 Å². The summed E-state index contributed by atoms with van der Waals surface area (Å²) in [5.41, 5.74) is 0. The van der Waals surface area contributed by atoms with E-state index in [1.807, 2.05) is 0 Å². The first-order valence-electron chi connectivity index (χ1n) is 3.05. The van der Waals surface area contributed by atoms with Gasteiger partial charge in [-0.3, -0.25) is 4.79 Å². The molecule has 1 rings (SSSR count). The molecule has 52 valence electrons. The zero-order valence-electron chi connectivity index (χ0n) is 5.88. The number of nitrogens with zero attached hydrogens (tertiary/aromatic N) is 1. The number of amides is 1. The molecule has 1 fully saturated rings. The number of hydrogen-bond donors (Lipinski definition) is 0. The fraction of sp³-hybridized carbons (Fsp3) is 0.500. The van der Waals surface area contributed by atoms with Crippen LogP contribution >= 0.6 is 0 Å². The van der Waals surface area contributed by atoms with Gasteiger partial charge in [-0.2, -0.15) is 0 Å². The van der Waals surface area contributed by atoms with Crippen LogP contribution in [0.1, 0.15) is 12.8 Å². The summed E-state index contributed by atoms with van der Waals surface area (Å²) in [6.07, 6.45) is 3.28. The first kappa shape index (κ1) is 9.63. The van der Waals surface area contributed by atoms with Gasteiger partial charge in [0.05, 0.1) is 0 Å². The van der Waals surface area contributed by atoms with Crippen LogP contribution in [0, 0.1) is 0 Å². The normalized spacial score (nSPS) is 16.2. The van der Waals surface area contributed by atoms with E-state index >= 15 is 0 Å². The van der Waals surface area contributed by atoms with Gasteiger partial charge in [0.2, 0.25) is 5.91 Å². The average molecular weight is 193 g/mol. The van der Waals surface area contributed by atoms with Gasteiger partial charge in [-0.15, -0.1) is 0 Å². The number of carbonyl (C=O) groups excluding carboxylic acids is 1. The van der Waals surface area contributed by atoms with Crippen molar-refractivity contribution in [3.8, 4) is 0 Å². The number of hydrogen-bond acceptors (Lipinski definition) is 2. The van der Waals surface area contributed by atoms with E-state index in [1.54, 1.807) is 11.1 Å². The van der Waals surface area contributed by atoms with Crippen molar-refractivity contribution in [3.05, 3.63) is 12.8 Å². The molecule has 10 heavy (non-hydrogen) atoms. The molecular weight excluding hydrogens is 183 g/mol. The Morgan fingerprint density at radius 3 is 2.40 bits per heavy atom. The predicted molar refractivity (Wildman–Crippen MR) is 31.8 cm³/mol. The molecule has 1 aliphatic heterocycles. The molecule has 1 amide bonds. The van der Waals surface area contributed by atoms with Crippen LogP contribution in [0.15, 0.2) is 12.8 Å². The zero-order chi connectivity index (χ0) is 7.98. The van der Waals surface area contributed by atoms with E-state index in [9.17, 15) is 4.79 Å². The Morgan fingerprint density at radius 1 is 1.60 bits per heavy atom. The van der Waals surface area contributed by atoms with Gasteiger partial charge < -0.3 is 4.90 Å². The van der Waals surface area contributed by atoms with Crippen LogP contribution in [0.2, 0.25) is 0 Å². The third-order valence-electron chi connectivity index (χ3n) is 1.33. The molecule has 1 heterocycles. The van der Waals surface area contributed by atoms with Gasteiger partial charge in [0.1, 0.15) is 0 Å². The average Bonchev–Trinajstić information content (AvgIpc) is 2.39. The molecule has 0 saturated carbocycles. The van der Waals surface area contributed by atoms with Crippen molar-refractivity contribution in [2.45, 2.75) is 12.8 Å². The fourth-order valence-corrected chi connectivity index (χ4v) is 0.862. The van der Waals surface area contributed by atoms with E-state index in [0.717, 1.165) is 13.0 Å². The summed E-state index contributed by atoms with van der Waals surface area (Å²) in [7, 11) is 0. The van der Waals surface area contributed by atoms with Gasteiger partial charge in [0.25, 0.3) is 0 Å². The Morgan fingerprint density at radius 2 is 2.20 bits per heavy atom. The quantitative estimate of drug-likeness (QED) is 0.572. The molecule has 0 aliphatic carbocycles. The molecule has 0 aromatic carbocycles. The maximum atomic E-state index is 10.7. The Bertz CT molecular complexity index is 138. The monoisotopic (exact) mass is 191 g/mol. The van der Waals surface area contributed by atoms with E-state index in [-0.39, 0.29) is 24.2 Å². The van der Waals surface area contributed by atoms with Crippen molar-refractivity contribution in [3.63, 3.8) is 0 Å². The van der Waals surface area contributed by atoms with Gasteiger partial charge in [0.15, 0.2) is 0 Å². The molecule has 0 bridgehead atoms.